The third-order valence-corrected chi connectivity index (χ3v) is 10.4. The summed E-state index contributed by atoms with van der Waals surface area (Å²) in [4.78, 5) is 10.2. The Kier molecular flexibility index (Phi) is 6.22. The van der Waals surface area contributed by atoms with Crippen molar-refractivity contribution in [3.63, 3.8) is 0 Å². The number of hydrogen-bond acceptors (Lipinski definition) is 3. The van der Waals surface area contributed by atoms with Gasteiger partial charge in [0, 0.05) is 43.9 Å². The molecule has 0 aliphatic heterocycles. The van der Waals surface area contributed by atoms with Crippen LogP contribution in [-0.4, -0.2) is 14.5 Å². The molecule has 11 rings (SSSR count). The molecule has 52 heavy (non-hydrogen) atoms. The lowest BCUT2D eigenvalue weighted by molar-refractivity contribution is 0.669. The van der Waals surface area contributed by atoms with Crippen molar-refractivity contribution in [2.24, 2.45) is 0 Å². The van der Waals surface area contributed by atoms with Crippen LogP contribution in [0.15, 0.2) is 180 Å². The number of para-hydroxylation sites is 1. The normalized spacial score (nSPS) is 11.8. The third kappa shape index (κ3) is 4.41. The zero-order valence-electron chi connectivity index (χ0n) is 28.0. The second-order valence-corrected chi connectivity index (χ2v) is 13.4. The fourth-order valence-corrected chi connectivity index (χ4v) is 7.95. The van der Waals surface area contributed by atoms with Crippen molar-refractivity contribution >= 4 is 65.3 Å². The van der Waals surface area contributed by atoms with E-state index in [1.807, 2.05) is 36.4 Å². The number of hydrogen-bond donors (Lipinski definition) is 0. The van der Waals surface area contributed by atoms with Gasteiger partial charge in [-0.05, 0) is 70.1 Å². The van der Waals surface area contributed by atoms with E-state index in [2.05, 4.69) is 144 Å². The van der Waals surface area contributed by atoms with Gasteiger partial charge in [-0.3, -0.25) is 0 Å². The molecule has 0 radical (unpaired) electrons. The molecule has 8 aromatic carbocycles. The summed E-state index contributed by atoms with van der Waals surface area (Å²) in [6.45, 7) is 0. The molecule has 0 fully saturated rings. The number of fused-ring (bicyclic) bond motifs is 10. The molecule has 11 aromatic rings. The van der Waals surface area contributed by atoms with E-state index in [1.165, 1.54) is 43.4 Å². The first-order chi connectivity index (χ1) is 25.8. The SMILES string of the molecule is c1ccc(-c2cc(-c3ccc(-n4c5ccc6ccccc6c5c5c6ccccc6ccc54)cc3)nc(-c3ccc4c(c3)oc3ccccc34)n2)cc1. The molecule has 0 bridgehead atoms. The van der Waals surface area contributed by atoms with Gasteiger partial charge in [0.15, 0.2) is 5.82 Å². The minimum absolute atomic E-state index is 0.656. The van der Waals surface area contributed by atoms with Crippen molar-refractivity contribution in [3.05, 3.63) is 176 Å². The fourth-order valence-electron chi connectivity index (χ4n) is 7.95. The maximum atomic E-state index is 6.24. The van der Waals surface area contributed by atoms with Gasteiger partial charge >= 0.3 is 0 Å². The maximum Gasteiger partial charge on any atom is 0.160 e. The third-order valence-electron chi connectivity index (χ3n) is 10.4. The summed E-state index contributed by atoms with van der Waals surface area (Å²) in [7, 11) is 0. The van der Waals surface area contributed by atoms with Crippen LogP contribution in [0.1, 0.15) is 0 Å². The van der Waals surface area contributed by atoms with Gasteiger partial charge in [-0.25, -0.2) is 9.97 Å². The van der Waals surface area contributed by atoms with Gasteiger partial charge in [0.05, 0.1) is 22.4 Å². The highest BCUT2D eigenvalue weighted by Crippen LogP contribution is 2.41. The van der Waals surface area contributed by atoms with Crippen molar-refractivity contribution < 1.29 is 4.42 Å². The Morgan fingerprint density at radius 3 is 1.60 bits per heavy atom. The molecule has 242 valence electrons. The fraction of sp³-hybridized carbons (Fsp3) is 0. The van der Waals surface area contributed by atoms with Crippen molar-refractivity contribution in [1.29, 1.82) is 0 Å². The molecular formula is C48H29N3O. The molecule has 0 unspecified atom stereocenters. The number of furan rings is 1. The Hall–Kier alpha value is -7.04. The van der Waals surface area contributed by atoms with E-state index in [-0.39, 0.29) is 0 Å². The Labute approximate surface area is 298 Å². The Morgan fingerprint density at radius 2 is 0.923 bits per heavy atom. The van der Waals surface area contributed by atoms with Gasteiger partial charge in [-0.15, -0.1) is 0 Å². The van der Waals surface area contributed by atoms with Crippen molar-refractivity contribution in [2.45, 2.75) is 0 Å². The second kappa shape index (κ2) is 11.2. The monoisotopic (exact) mass is 663 g/mol. The zero-order valence-corrected chi connectivity index (χ0v) is 28.0. The summed E-state index contributed by atoms with van der Waals surface area (Å²) >= 11 is 0. The molecule has 3 heterocycles. The summed E-state index contributed by atoms with van der Waals surface area (Å²) in [5.74, 6) is 0.656. The van der Waals surface area contributed by atoms with E-state index in [9.17, 15) is 0 Å². The van der Waals surface area contributed by atoms with Crippen LogP contribution in [0.2, 0.25) is 0 Å². The summed E-state index contributed by atoms with van der Waals surface area (Å²) in [6.07, 6.45) is 0. The summed E-state index contributed by atoms with van der Waals surface area (Å²) in [5.41, 5.74) is 9.88. The topological polar surface area (TPSA) is 43.9 Å². The molecule has 0 atom stereocenters. The first-order valence-corrected chi connectivity index (χ1v) is 17.6. The van der Waals surface area contributed by atoms with Gasteiger partial charge in [0.2, 0.25) is 0 Å². The second-order valence-electron chi connectivity index (χ2n) is 13.4. The van der Waals surface area contributed by atoms with Crippen LogP contribution >= 0.6 is 0 Å². The van der Waals surface area contributed by atoms with Crippen LogP contribution in [-0.2, 0) is 0 Å². The van der Waals surface area contributed by atoms with Crippen molar-refractivity contribution in [2.75, 3.05) is 0 Å². The molecule has 4 nitrogen and oxygen atoms in total. The Morgan fingerprint density at radius 1 is 0.385 bits per heavy atom. The molecule has 0 saturated heterocycles. The molecule has 0 spiro atoms. The summed E-state index contributed by atoms with van der Waals surface area (Å²) in [6, 6.07) is 62.0. The summed E-state index contributed by atoms with van der Waals surface area (Å²) in [5, 5.41) is 9.76. The number of nitrogens with zero attached hydrogens (tertiary/aromatic N) is 3. The van der Waals surface area contributed by atoms with E-state index >= 15 is 0 Å². The molecule has 0 amide bonds. The predicted molar refractivity (Wildman–Crippen MR) is 215 cm³/mol. The average molecular weight is 664 g/mol. The molecule has 3 aromatic heterocycles. The molecule has 0 aliphatic rings. The van der Waals surface area contributed by atoms with Crippen molar-refractivity contribution in [3.8, 4) is 39.6 Å². The van der Waals surface area contributed by atoms with E-state index in [1.54, 1.807) is 0 Å². The lowest BCUT2D eigenvalue weighted by Crippen LogP contribution is -1.97. The average Bonchev–Trinajstić information content (AvgIpc) is 3.77. The van der Waals surface area contributed by atoms with Gasteiger partial charge in [0.1, 0.15) is 11.2 Å². The van der Waals surface area contributed by atoms with Gasteiger partial charge in [-0.2, -0.15) is 0 Å². The van der Waals surface area contributed by atoms with Crippen LogP contribution in [0.5, 0.6) is 0 Å². The smallest absolute Gasteiger partial charge is 0.160 e. The molecule has 0 aliphatic carbocycles. The quantitative estimate of drug-likeness (QED) is 0.188. The van der Waals surface area contributed by atoms with Crippen LogP contribution < -0.4 is 0 Å². The maximum absolute atomic E-state index is 6.24. The largest absolute Gasteiger partial charge is 0.456 e. The number of benzene rings is 8. The zero-order chi connectivity index (χ0) is 34.2. The van der Waals surface area contributed by atoms with Crippen molar-refractivity contribution in [1.82, 2.24) is 14.5 Å². The first-order valence-electron chi connectivity index (χ1n) is 17.6. The van der Waals surface area contributed by atoms with Crippen LogP contribution in [0, 0.1) is 0 Å². The van der Waals surface area contributed by atoms with E-state index < -0.39 is 0 Å². The van der Waals surface area contributed by atoms with Crippen LogP contribution in [0.3, 0.4) is 0 Å². The highest BCUT2D eigenvalue weighted by molar-refractivity contribution is 6.28. The number of rotatable bonds is 4. The van der Waals surface area contributed by atoms with Gasteiger partial charge in [-0.1, -0.05) is 127 Å². The molecule has 0 saturated carbocycles. The lowest BCUT2D eigenvalue weighted by Gasteiger charge is -2.12. The summed E-state index contributed by atoms with van der Waals surface area (Å²) < 4.78 is 8.64. The van der Waals surface area contributed by atoms with Gasteiger partial charge < -0.3 is 8.98 Å². The van der Waals surface area contributed by atoms with E-state index in [4.69, 9.17) is 14.4 Å². The van der Waals surface area contributed by atoms with E-state index in [0.29, 0.717) is 5.82 Å². The van der Waals surface area contributed by atoms with Gasteiger partial charge in [0.25, 0.3) is 0 Å². The standard InChI is InChI=1S/C48H29N3O/c1-2-12-32(13-3-1)40-29-41(50-48(49-40)34-20-25-39-38-16-8-9-17-44(38)52-45(39)28-34)33-18-23-35(24-19-33)51-42-26-21-30-10-4-6-14-36(30)46(42)47-37-15-7-5-11-31(37)22-27-43(47)51/h1-29H. The highest BCUT2D eigenvalue weighted by atomic mass is 16.3. The first kappa shape index (κ1) is 28.8. The lowest BCUT2D eigenvalue weighted by atomic mass is 10.00. The molecular weight excluding hydrogens is 635 g/mol. The number of aromatic nitrogens is 3. The molecule has 4 heteroatoms. The minimum Gasteiger partial charge on any atom is -0.456 e. The van der Waals surface area contributed by atoms with E-state index in [0.717, 1.165) is 55.7 Å². The van der Waals surface area contributed by atoms with Crippen LogP contribution in [0.25, 0.3) is 105 Å². The Balaban J connectivity index is 1.08. The van der Waals surface area contributed by atoms with Crippen LogP contribution in [0.4, 0.5) is 0 Å². The molecule has 0 N–H and O–H groups in total. The Bertz CT molecular complexity index is 3080. The predicted octanol–water partition coefficient (Wildman–Crippen LogP) is 12.8. The minimum atomic E-state index is 0.656. The highest BCUT2D eigenvalue weighted by Gasteiger charge is 2.18.